The van der Waals surface area contributed by atoms with Gasteiger partial charge in [-0.25, -0.2) is 4.79 Å². The van der Waals surface area contributed by atoms with E-state index in [0.717, 1.165) is 11.3 Å². The van der Waals surface area contributed by atoms with Crippen LogP contribution in [0, 0.1) is 13.8 Å². The highest BCUT2D eigenvalue weighted by Gasteiger charge is 2.10. The van der Waals surface area contributed by atoms with Gasteiger partial charge in [0.15, 0.2) is 0 Å². The molecular weight excluding hydrogens is 250 g/mol. The molecule has 3 heteroatoms. The molecule has 0 aromatic heterocycles. The maximum atomic E-state index is 10.9. The van der Waals surface area contributed by atoms with E-state index >= 15 is 0 Å². The number of carbonyl (C=O) groups is 1. The quantitative estimate of drug-likeness (QED) is 0.875. The second-order valence-corrected chi connectivity index (χ2v) is 5.06. The first-order valence-corrected chi connectivity index (χ1v) is 6.65. The molecule has 0 heterocycles. The lowest BCUT2D eigenvalue weighted by Crippen LogP contribution is -2.09. The van der Waals surface area contributed by atoms with Crippen LogP contribution in [0.3, 0.4) is 0 Å². The molecule has 2 aromatic rings. The van der Waals surface area contributed by atoms with Crippen LogP contribution in [-0.4, -0.2) is 11.1 Å². The molecule has 0 aliphatic rings. The summed E-state index contributed by atoms with van der Waals surface area (Å²) in [5, 5.41) is 12.4. The predicted molar refractivity (Wildman–Crippen MR) is 81.4 cm³/mol. The number of benzene rings is 2. The van der Waals surface area contributed by atoms with Crippen LogP contribution in [0.25, 0.3) is 0 Å². The highest BCUT2D eigenvalue weighted by atomic mass is 16.4. The fourth-order valence-corrected chi connectivity index (χ4v) is 2.34. The van der Waals surface area contributed by atoms with Gasteiger partial charge < -0.3 is 10.4 Å². The Morgan fingerprint density at radius 1 is 1.10 bits per heavy atom. The molecular formula is C17H19NO2. The topological polar surface area (TPSA) is 49.3 Å². The summed E-state index contributed by atoms with van der Waals surface area (Å²) in [6, 6.07) is 13.6. The summed E-state index contributed by atoms with van der Waals surface area (Å²) >= 11 is 0. The highest BCUT2D eigenvalue weighted by Crippen LogP contribution is 2.24. The zero-order valence-corrected chi connectivity index (χ0v) is 12.0. The minimum atomic E-state index is -0.897. The smallest absolute Gasteiger partial charge is 0.335 e. The van der Waals surface area contributed by atoms with Gasteiger partial charge in [0.2, 0.25) is 0 Å². The molecule has 0 spiro atoms. The first-order chi connectivity index (χ1) is 9.49. The maximum absolute atomic E-state index is 10.9. The Morgan fingerprint density at radius 2 is 1.80 bits per heavy atom. The van der Waals surface area contributed by atoms with Crippen molar-refractivity contribution in [3.05, 3.63) is 64.7 Å². The first kappa shape index (κ1) is 14.1. The number of aromatic carboxylic acids is 1. The van der Waals surface area contributed by atoms with Gasteiger partial charge in [-0.2, -0.15) is 0 Å². The Kier molecular flexibility index (Phi) is 4.08. The molecule has 0 radical (unpaired) electrons. The molecule has 0 amide bonds. The minimum Gasteiger partial charge on any atom is -0.478 e. The van der Waals surface area contributed by atoms with E-state index < -0.39 is 5.97 Å². The summed E-state index contributed by atoms with van der Waals surface area (Å²) in [6.45, 7) is 6.11. The maximum Gasteiger partial charge on any atom is 0.335 e. The van der Waals surface area contributed by atoms with Crippen molar-refractivity contribution in [1.29, 1.82) is 0 Å². The van der Waals surface area contributed by atoms with Gasteiger partial charge in [0.05, 0.1) is 5.56 Å². The van der Waals surface area contributed by atoms with Crippen LogP contribution in [0.5, 0.6) is 0 Å². The van der Waals surface area contributed by atoms with Gasteiger partial charge in [-0.05, 0) is 55.7 Å². The third kappa shape index (κ3) is 2.99. The molecule has 1 unspecified atom stereocenters. The van der Waals surface area contributed by atoms with Gasteiger partial charge in [0, 0.05) is 11.7 Å². The summed E-state index contributed by atoms with van der Waals surface area (Å²) in [4.78, 5) is 10.9. The van der Waals surface area contributed by atoms with Crippen molar-refractivity contribution < 1.29 is 9.90 Å². The lowest BCUT2D eigenvalue weighted by molar-refractivity contribution is 0.0697. The fraction of sp³-hybridized carbons (Fsp3) is 0.235. The van der Waals surface area contributed by atoms with E-state index in [1.165, 1.54) is 11.1 Å². The zero-order chi connectivity index (χ0) is 14.7. The van der Waals surface area contributed by atoms with E-state index in [0.29, 0.717) is 5.56 Å². The van der Waals surface area contributed by atoms with Crippen molar-refractivity contribution in [2.24, 2.45) is 0 Å². The number of hydrogen-bond acceptors (Lipinski definition) is 2. The van der Waals surface area contributed by atoms with Gasteiger partial charge in [-0.3, -0.25) is 0 Å². The van der Waals surface area contributed by atoms with Crippen LogP contribution < -0.4 is 5.32 Å². The van der Waals surface area contributed by atoms with Crippen LogP contribution in [0.4, 0.5) is 5.69 Å². The molecule has 0 saturated carbocycles. The van der Waals surface area contributed by atoms with Crippen molar-refractivity contribution in [2.75, 3.05) is 5.32 Å². The monoisotopic (exact) mass is 269 g/mol. The highest BCUT2D eigenvalue weighted by molar-refractivity contribution is 5.88. The molecule has 2 aromatic carbocycles. The van der Waals surface area contributed by atoms with Crippen LogP contribution in [0.1, 0.15) is 40.0 Å². The zero-order valence-electron chi connectivity index (χ0n) is 12.0. The van der Waals surface area contributed by atoms with Crippen molar-refractivity contribution in [3.63, 3.8) is 0 Å². The van der Waals surface area contributed by atoms with E-state index in [4.69, 9.17) is 5.11 Å². The second-order valence-electron chi connectivity index (χ2n) is 5.06. The molecule has 3 nitrogen and oxygen atoms in total. The molecule has 1 atom stereocenters. The Bertz CT molecular complexity index is 635. The lowest BCUT2D eigenvalue weighted by Gasteiger charge is -2.19. The number of hydrogen-bond donors (Lipinski definition) is 2. The molecule has 20 heavy (non-hydrogen) atoms. The second kappa shape index (κ2) is 5.78. The van der Waals surface area contributed by atoms with E-state index in [9.17, 15) is 4.79 Å². The Balaban J connectivity index is 2.22. The summed E-state index contributed by atoms with van der Waals surface area (Å²) in [6.07, 6.45) is 0. The van der Waals surface area contributed by atoms with E-state index in [1.54, 1.807) is 12.1 Å². The normalized spacial score (nSPS) is 11.9. The largest absolute Gasteiger partial charge is 0.478 e. The van der Waals surface area contributed by atoms with E-state index in [2.05, 4.69) is 31.3 Å². The summed E-state index contributed by atoms with van der Waals surface area (Å²) in [5.74, 6) is -0.897. The molecule has 2 N–H and O–H groups in total. The van der Waals surface area contributed by atoms with Gasteiger partial charge in [-0.15, -0.1) is 0 Å². The number of carboxylic acids is 1. The van der Waals surface area contributed by atoms with Gasteiger partial charge in [0.1, 0.15) is 0 Å². The summed E-state index contributed by atoms with van der Waals surface area (Å²) in [7, 11) is 0. The Hall–Kier alpha value is -2.29. The third-order valence-electron chi connectivity index (χ3n) is 3.50. The SMILES string of the molecule is Cc1cc(C(=O)O)ccc1NC(C)c1ccccc1C. The standard InChI is InChI=1S/C17H19NO2/c1-11-6-4-5-7-15(11)13(3)18-16-9-8-14(17(19)20)10-12(16)2/h4-10,13,18H,1-3H3,(H,19,20). The molecule has 0 aliphatic carbocycles. The third-order valence-corrected chi connectivity index (χ3v) is 3.50. The first-order valence-electron chi connectivity index (χ1n) is 6.65. The van der Waals surface area contributed by atoms with E-state index in [1.807, 2.05) is 25.1 Å². The van der Waals surface area contributed by atoms with Crippen molar-refractivity contribution in [1.82, 2.24) is 0 Å². The molecule has 2 rings (SSSR count). The minimum absolute atomic E-state index is 0.172. The van der Waals surface area contributed by atoms with Crippen molar-refractivity contribution in [3.8, 4) is 0 Å². The van der Waals surface area contributed by atoms with Crippen LogP contribution >= 0.6 is 0 Å². The van der Waals surface area contributed by atoms with Crippen LogP contribution in [0.2, 0.25) is 0 Å². The van der Waals surface area contributed by atoms with Gasteiger partial charge in [-0.1, -0.05) is 24.3 Å². The Labute approximate surface area is 119 Å². The molecule has 0 fully saturated rings. The van der Waals surface area contributed by atoms with Gasteiger partial charge >= 0.3 is 5.97 Å². The Morgan fingerprint density at radius 3 is 2.40 bits per heavy atom. The number of aryl methyl sites for hydroxylation is 2. The van der Waals surface area contributed by atoms with Gasteiger partial charge in [0.25, 0.3) is 0 Å². The van der Waals surface area contributed by atoms with E-state index in [-0.39, 0.29) is 6.04 Å². The fourth-order valence-electron chi connectivity index (χ4n) is 2.34. The summed E-state index contributed by atoms with van der Waals surface area (Å²) in [5.41, 5.74) is 4.70. The number of anilines is 1. The number of carboxylic acid groups (broad SMARTS) is 1. The van der Waals surface area contributed by atoms with Crippen molar-refractivity contribution in [2.45, 2.75) is 26.8 Å². The van der Waals surface area contributed by atoms with Crippen LogP contribution in [-0.2, 0) is 0 Å². The van der Waals surface area contributed by atoms with Crippen molar-refractivity contribution >= 4 is 11.7 Å². The number of rotatable bonds is 4. The van der Waals surface area contributed by atoms with Crippen LogP contribution in [0.15, 0.2) is 42.5 Å². The molecule has 104 valence electrons. The molecule has 0 aliphatic heterocycles. The average Bonchev–Trinajstić information content (AvgIpc) is 2.41. The molecule has 0 saturated heterocycles. The average molecular weight is 269 g/mol. The number of nitrogens with one attached hydrogen (secondary N) is 1. The summed E-state index contributed by atoms with van der Waals surface area (Å²) < 4.78 is 0. The lowest BCUT2D eigenvalue weighted by atomic mass is 10.0. The predicted octanol–water partition coefficient (Wildman–Crippen LogP) is 4.17. The molecule has 0 bridgehead atoms.